The third-order valence-electron chi connectivity index (χ3n) is 4.33. The lowest BCUT2D eigenvalue weighted by atomic mass is 9.94. The Morgan fingerprint density at radius 1 is 1.29 bits per heavy atom. The minimum absolute atomic E-state index is 0.777. The molecular formula is C16H24N4S. The monoisotopic (exact) mass is 304 g/mol. The molecule has 0 atom stereocenters. The molecule has 0 aliphatic carbocycles. The summed E-state index contributed by atoms with van der Waals surface area (Å²) in [5.41, 5.74) is 0. The van der Waals surface area contributed by atoms with E-state index in [1.165, 1.54) is 24.6 Å². The van der Waals surface area contributed by atoms with Crippen molar-refractivity contribution in [2.45, 2.75) is 39.5 Å². The van der Waals surface area contributed by atoms with Gasteiger partial charge in [0.2, 0.25) is 5.95 Å². The van der Waals surface area contributed by atoms with Gasteiger partial charge in [-0.25, -0.2) is 4.98 Å². The molecule has 0 spiro atoms. The zero-order chi connectivity index (χ0) is 14.7. The lowest BCUT2D eigenvalue weighted by Gasteiger charge is -2.32. The van der Waals surface area contributed by atoms with E-state index in [0.29, 0.717) is 0 Å². The second-order valence-corrected chi connectivity index (χ2v) is 6.67. The van der Waals surface area contributed by atoms with Crippen LogP contribution in [0.2, 0.25) is 0 Å². The Hall–Kier alpha value is -1.36. The summed E-state index contributed by atoms with van der Waals surface area (Å²) in [7, 11) is 0. The molecule has 0 bridgehead atoms. The Kier molecular flexibility index (Phi) is 4.58. The van der Waals surface area contributed by atoms with Crippen molar-refractivity contribution in [3.8, 4) is 0 Å². The Balaban J connectivity index is 1.87. The SMILES string of the molecule is CCCNc1nc(N2CCC(CC)CC2)c2ccsc2n1. The highest BCUT2D eigenvalue weighted by Crippen LogP contribution is 2.32. The van der Waals surface area contributed by atoms with E-state index in [0.717, 1.165) is 48.6 Å². The van der Waals surface area contributed by atoms with Crippen LogP contribution in [0.4, 0.5) is 11.8 Å². The third-order valence-corrected chi connectivity index (χ3v) is 5.14. The van der Waals surface area contributed by atoms with Gasteiger partial charge in [0.1, 0.15) is 10.6 Å². The number of anilines is 2. The Bertz CT molecular complexity index is 587. The summed E-state index contributed by atoms with van der Waals surface area (Å²) in [6.07, 6.45) is 4.95. The number of hydrogen-bond acceptors (Lipinski definition) is 5. The summed E-state index contributed by atoms with van der Waals surface area (Å²) in [5, 5.41) is 6.66. The summed E-state index contributed by atoms with van der Waals surface area (Å²) < 4.78 is 0. The molecule has 5 heteroatoms. The van der Waals surface area contributed by atoms with E-state index in [4.69, 9.17) is 4.98 Å². The van der Waals surface area contributed by atoms with Crippen molar-refractivity contribution in [1.29, 1.82) is 0 Å². The molecule has 21 heavy (non-hydrogen) atoms. The number of nitrogens with one attached hydrogen (secondary N) is 1. The molecule has 1 fully saturated rings. The van der Waals surface area contributed by atoms with Gasteiger partial charge in [-0.15, -0.1) is 11.3 Å². The molecule has 0 saturated carbocycles. The van der Waals surface area contributed by atoms with E-state index in [1.54, 1.807) is 11.3 Å². The molecule has 3 rings (SSSR count). The first-order valence-corrected chi connectivity index (χ1v) is 8.93. The minimum atomic E-state index is 0.777. The van der Waals surface area contributed by atoms with Crippen LogP contribution in [0.1, 0.15) is 39.5 Å². The number of aromatic nitrogens is 2. The molecule has 1 N–H and O–H groups in total. The van der Waals surface area contributed by atoms with Gasteiger partial charge in [-0.2, -0.15) is 4.98 Å². The zero-order valence-corrected chi connectivity index (χ0v) is 13.7. The normalized spacial score (nSPS) is 16.6. The van der Waals surface area contributed by atoms with Crippen molar-refractivity contribution in [2.24, 2.45) is 5.92 Å². The van der Waals surface area contributed by atoms with Crippen molar-refractivity contribution < 1.29 is 0 Å². The molecule has 3 heterocycles. The molecule has 0 radical (unpaired) electrons. The van der Waals surface area contributed by atoms with Crippen molar-refractivity contribution in [3.05, 3.63) is 11.4 Å². The molecule has 4 nitrogen and oxygen atoms in total. The Morgan fingerprint density at radius 2 is 2.10 bits per heavy atom. The molecule has 0 aromatic carbocycles. The fraction of sp³-hybridized carbons (Fsp3) is 0.625. The maximum Gasteiger partial charge on any atom is 0.226 e. The summed E-state index contributed by atoms with van der Waals surface area (Å²) in [5.74, 6) is 2.78. The first kappa shape index (κ1) is 14.6. The maximum absolute atomic E-state index is 4.80. The number of piperidine rings is 1. The van der Waals surface area contributed by atoms with E-state index in [2.05, 4.69) is 40.5 Å². The van der Waals surface area contributed by atoms with Gasteiger partial charge in [-0.1, -0.05) is 20.3 Å². The number of hydrogen-bond donors (Lipinski definition) is 1. The smallest absolute Gasteiger partial charge is 0.226 e. The van der Waals surface area contributed by atoms with Gasteiger partial charge in [-0.05, 0) is 36.6 Å². The van der Waals surface area contributed by atoms with Gasteiger partial charge in [0.25, 0.3) is 0 Å². The third kappa shape index (κ3) is 3.12. The summed E-state index contributed by atoms with van der Waals surface area (Å²) in [4.78, 5) is 13.0. The van der Waals surface area contributed by atoms with Crippen molar-refractivity contribution in [2.75, 3.05) is 29.9 Å². The molecule has 0 unspecified atom stereocenters. The first-order valence-electron chi connectivity index (χ1n) is 8.05. The topological polar surface area (TPSA) is 41.1 Å². The van der Waals surface area contributed by atoms with Crippen LogP contribution < -0.4 is 10.2 Å². The van der Waals surface area contributed by atoms with E-state index in [-0.39, 0.29) is 0 Å². The summed E-state index contributed by atoms with van der Waals surface area (Å²) in [6.45, 7) is 7.62. The fourth-order valence-electron chi connectivity index (χ4n) is 2.95. The molecule has 1 saturated heterocycles. The standard InChI is InChI=1S/C16H24N4S/c1-3-8-17-16-18-14(13-7-11-21-15(13)19-16)20-9-5-12(4-2)6-10-20/h7,11-12H,3-6,8-10H2,1-2H3,(H,17,18,19). The van der Waals surface area contributed by atoms with E-state index < -0.39 is 0 Å². The predicted molar refractivity (Wildman–Crippen MR) is 91.4 cm³/mol. The van der Waals surface area contributed by atoms with E-state index in [1.807, 2.05) is 0 Å². The molecule has 2 aromatic rings. The van der Waals surface area contributed by atoms with Crippen LogP contribution in [-0.4, -0.2) is 29.6 Å². The van der Waals surface area contributed by atoms with Crippen LogP contribution in [0, 0.1) is 5.92 Å². The van der Waals surface area contributed by atoms with Crippen LogP contribution >= 0.6 is 11.3 Å². The van der Waals surface area contributed by atoms with Crippen LogP contribution in [0.3, 0.4) is 0 Å². The molecule has 114 valence electrons. The highest BCUT2D eigenvalue weighted by molar-refractivity contribution is 7.16. The van der Waals surface area contributed by atoms with Gasteiger partial charge >= 0.3 is 0 Å². The van der Waals surface area contributed by atoms with Crippen LogP contribution in [0.25, 0.3) is 10.2 Å². The molecule has 2 aromatic heterocycles. The molecule has 0 amide bonds. The van der Waals surface area contributed by atoms with Gasteiger partial charge in [0.15, 0.2) is 0 Å². The van der Waals surface area contributed by atoms with Gasteiger partial charge in [0.05, 0.1) is 5.39 Å². The van der Waals surface area contributed by atoms with Gasteiger partial charge in [-0.3, -0.25) is 0 Å². The van der Waals surface area contributed by atoms with Gasteiger partial charge < -0.3 is 10.2 Å². The first-order chi connectivity index (χ1) is 10.3. The number of thiophene rings is 1. The second kappa shape index (κ2) is 6.60. The highest BCUT2D eigenvalue weighted by atomic mass is 32.1. The van der Waals surface area contributed by atoms with Crippen LogP contribution in [-0.2, 0) is 0 Å². The van der Waals surface area contributed by atoms with Crippen molar-refractivity contribution in [1.82, 2.24) is 9.97 Å². The Labute approximate surface area is 130 Å². The van der Waals surface area contributed by atoms with E-state index >= 15 is 0 Å². The number of nitrogens with zero attached hydrogens (tertiary/aromatic N) is 3. The maximum atomic E-state index is 4.80. The second-order valence-electron chi connectivity index (χ2n) is 5.78. The fourth-order valence-corrected chi connectivity index (χ4v) is 3.71. The molecule has 1 aliphatic heterocycles. The van der Waals surface area contributed by atoms with Gasteiger partial charge in [0, 0.05) is 19.6 Å². The quantitative estimate of drug-likeness (QED) is 0.901. The Morgan fingerprint density at radius 3 is 2.81 bits per heavy atom. The summed E-state index contributed by atoms with van der Waals surface area (Å²) >= 11 is 1.70. The number of fused-ring (bicyclic) bond motifs is 1. The lowest BCUT2D eigenvalue weighted by Crippen LogP contribution is -2.34. The average Bonchev–Trinajstić information content (AvgIpc) is 3.00. The van der Waals surface area contributed by atoms with Crippen molar-refractivity contribution >= 4 is 33.3 Å². The highest BCUT2D eigenvalue weighted by Gasteiger charge is 2.21. The van der Waals surface area contributed by atoms with Crippen molar-refractivity contribution in [3.63, 3.8) is 0 Å². The van der Waals surface area contributed by atoms with Crippen LogP contribution in [0.15, 0.2) is 11.4 Å². The number of rotatable bonds is 5. The predicted octanol–water partition coefficient (Wildman–Crippen LogP) is 4.14. The molecule has 1 aliphatic rings. The summed E-state index contributed by atoms with van der Waals surface area (Å²) in [6, 6.07) is 2.16. The average molecular weight is 304 g/mol. The zero-order valence-electron chi connectivity index (χ0n) is 12.9. The van der Waals surface area contributed by atoms with Crippen LogP contribution in [0.5, 0.6) is 0 Å². The van der Waals surface area contributed by atoms with E-state index in [9.17, 15) is 0 Å². The largest absolute Gasteiger partial charge is 0.356 e. The lowest BCUT2D eigenvalue weighted by molar-refractivity contribution is 0.394. The molecular weight excluding hydrogens is 280 g/mol. The minimum Gasteiger partial charge on any atom is -0.356 e.